The smallest absolute Gasteiger partial charge is 0.318 e. The molecule has 11 nitrogen and oxygen atoms in total. The molecule has 1 aromatic heterocycles. The number of sulfone groups is 1. The van der Waals surface area contributed by atoms with Crippen molar-refractivity contribution in [3.8, 4) is 0 Å². The molecular weight excluding hydrogens is 476 g/mol. The van der Waals surface area contributed by atoms with Crippen LogP contribution in [0.15, 0.2) is 28.7 Å². The molecule has 4 rings (SSSR count). The van der Waals surface area contributed by atoms with E-state index in [2.05, 4.69) is 15.6 Å². The highest BCUT2D eigenvalue weighted by Gasteiger charge is 2.35. The number of carbonyl (C=O) groups excluding carboxylic acids is 3. The van der Waals surface area contributed by atoms with Crippen molar-refractivity contribution in [3.63, 3.8) is 0 Å². The second-order valence-electron chi connectivity index (χ2n) is 8.94. The lowest BCUT2D eigenvalue weighted by Crippen LogP contribution is -2.57. The van der Waals surface area contributed by atoms with Gasteiger partial charge < -0.3 is 24.7 Å². The van der Waals surface area contributed by atoms with Crippen molar-refractivity contribution in [3.05, 3.63) is 30.2 Å². The van der Waals surface area contributed by atoms with Crippen LogP contribution in [0.25, 0.3) is 11.1 Å². The number of hydrogen-bond acceptors (Lipinski definition) is 8. The van der Waals surface area contributed by atoms with E-state index in [1.54, 1.807) is 31.2 Å². The van der Waals surface area contributed by atoms with Crippen molar-refractivity contribution in [2.24, 2.45) is 5.92 Å². The van der Waals surface area contributed by atoms with Gasteiger partial charge in [-0.3, -0.25) is 9.59 Å². The molecule has 2 atom stereocenters. The van der Waals surface area contributed by atoms with Crippen LogP contribution < -0.4 is 10.6 Å². The molecule has 1 aliphatic heterocycles. The van der Waals surface area contributed by atoms with Gasteiger partial charge in [-0.25, -0.2) is 18.2 Å². The summed E-state index contributed by atoms with van der Waals surface area (Å²) in [5, 5.41) is 5.15. The number of para-hydroxylation sites is 2. The van der Waals surface area contributed by atoms with Crippen LogP contribution in [0, 0.1) is 5.92 Å². The number of carbonyl (C=O) groups is 3. The summed E-state index contributed by atoms with van der Waals surface area (Å²) in [7, 11) is -3.61. The fraction of sp³-hybridized carbons (Fsp3) is 0.565. The predicted octanol–water partition coefficient (Wildman–Crippen LogP) is 1.14. The lowest BCUT2D eigenvalue weighted by Gasteiger charge is -2.29. The number of ketones is 1. The first-order valence-corrected chi connectivity index (χ1v) is 13.6. The minimum Gasteiger partial charge on any atom is -0.434 e. The molecular formula is C23H30N4O7S. The molecule has 1 aliphatic carbocycles. The fourth-order valence-corrected chi connectivity index (χ4v) is 5.84. The zero-order chi connectivity index (χ0) is 25.0. The van der Waals surface area contributed by atoms with Gasteiger partial charge in [0.25, 0.3) is 5.89 Å². The number of oxazole rings is 1. The Morgan fingerprint density at radius 2 is 1.83 bits per heavy atom. The molecule has 0 bridgehead atoms. The molecule has 2 aliphatic rings. The van der Waals surface area contributed by atoms with Crippen molar-refractivity contribution >= 4 is 38.7 Å². The molecule has 0 spiro atoms. The minimum atomic E-state index is -3.61. The maximum Gasteiger partial charge on any atom is 0.318 e. The number of nitrogens with one attached hydrogen (secondary N) is 2. The standard InChI is InChI=1S/C23H30N4O7S/c1-2-16(20(28)22-25-17-5-3-4-6-19(17)34-22)24-21(29)18(14-35(31,32)13-15-7-8-15)26-23(30)27-9-11-33-12-10-27/h3-6,15-16,18H,2,7-14H2,1H3,(H,24,29)(H,26,30). The van der Waals surface area contributed by atoms with Crippen LogP contribution in [-0.4, -0.2) is 85.9 Å². The first-order valence-electron chi connectivity index (χ1n) is 11.8. The van der Waals surface area contributed by atoms with E-state index in [0.717, 1.165) is 12.8 Å². The second kappa shape index (κ2) is 10.7. The monoisotopic (exact) mass is 506 g/mol. The number of fused-ring (bicyclic) bond motifs is 1. The molecule has 2 aromatic rings. The van der Waals surface area contributed by atoms with Crippen LogP contribution in [0.2, 0.25) is 0 Å². The van der Waals surface area contributed by atoms with Crippen molar-refractivity contribution < 1.29 is 32.0 Å². The third-order valence-corrected chi connectivity index (χ3v) is 7.89. The highest BCUT2D eigenvalue weighted by molar-refractivity contribution is 7.91. The van der Waals surface area contributed by atoms with Gasteiger partial charge in [-0.05, 0) is 37.3 Å². The van der Waals surface area contributed by atoms with Gasteiger partial charge >= 0.3 is 6.03 Å². The Balaban J connectivity index is 1.48. The Bertz CT molecular complexity index is 1150. The minimum absolute atomic E-state index is 0.0246. The summed E-state index contributed by atoms with van der Waals surface area (Å²) in [6.45, 7) is 3.10. The van der Waals surface area contributed by atoms with Gasteiger partial charge in [0.05, 0.1) is 30.8 Å². The number of nitrogens with zero attached hydrogens (tertiary/aromatic N) is 2. The van der Waals surface area contributed by atoms with Gasteiger partial charge in [-0.1, -0.05) is 19.1 Å². The summed E-state index contributed by atoms with van der Waals surface area (Å²) in [6, 6.07) is 4.02. The van der Waals surface area contributed by atoms with Gasteiger partial charge in [0.2, 0.25) is 11.7 Å². The maximum absolute atomic E-state index is 13.2. The Kier molecular flexibility index (Phi) is 7.70. The molecule has 35 heavy (non-hydrogen) atoms. The summed E-state index contributed by atoms with van der Waals surface area (Å²) < 4.78 is 36.2. The highest BCUT2D eigenvalue weighted by atomic mass is 32.2. The molecule has 1 saturated carbocycles. The zero-order valence-electron chi connectivity index (χ0n) is 19.6. The van der Waals surface area contributed by atoms with Crippen LogP contribution in [-0.2, 0) is 19.4 Å². The molecule has 2 N–H and O–H groups in total. The number of Topliss-reactive ketones (excluding diaryl/α,β-unsaturated/α-hetero) is 1. The summed E-state index contributed by atoms with van der Waals surface area (Å²) >= 11 is 0. The molecule has 2 heterocycles. The van der Waals surface area contributed by atoms with E-state index in [1.165, 1.54) is 4.90 Å². The van der Waals surface area contributed by atoms with Gasteiger partial charge in [-0.2, -0.15) is 0 Å². The van der Waals surface area contributed by atoms with Crippen LogP contribution in [0.4, 0.5) is 4.79 Å². The van der Waals surface area contributed by atoms with Gasteiger partial charge in [0, 0.05) is 13.1 Å². The third-order valence-electron chi connectivity index (χ3n) is 6.07. The first-order chi connectivity index (χ1) is 16.8. The van der Waals surface area contributed by atoms with Crippen LogP contribution in [0.3, 0.4) is 0 Å². The molecule has 2 unspecified atom stereocenters. The summed E-state index contributed by atoms with van der Waals surface area (Å²) in [5.74, 6) is -1.89. The Morgan fingerprint density at radius 1 is 1.11 bits per heavy atom. The maximum atomic E-state index is 13.2. The number of ether oxygens (including phenoxy) is 1. The highest BCUT2D eigenvalue weighted by Crippen LogP contribution is 2.30. The van der Waals surface area contributed by atoms with Gasteiger partial charge in [0.15, 0.2) is 15.4 Å². The van der Waals surface area contributed by atoms with Crippen molar-refractivity contribution in [1.82, 2.24) is 20.5 Å². The Hall–Kier alpha value is -2.99. The van der Waals surface area contributed by atoms with Crippen LogP contribution >= 0.6 is 0 Å². The normalized spacial score (nSPS) is 18.1. The molecule has 2 fully saturated rings. The number of benzene rings is 1. The van der Waals surface area contributed by atoms with E-state index < -0.39 is 45.4 Å². The van der Waals surface area contributed by atoms with E-state index in [4.69, 9.17) is 9.15 Å². The van der Waals surface area contributed by atoms with Crippen LogP contribution in [0.5, 0.6) is 0 Å². The molecule has 12 heteroatoms. The van der Waals surface area contributed by atoms with E-state index in [-0.39, 0.29) is 24.0 Å². The number of aromatic nitrogens is 1. The average Bonchev–Trinajstić information content (AvgIpc) is 3.54. The number of morpholine rings is 1. The molecule has 1 aromatic carbocycles. The lowest BCUT2D eigenvalue weighted by molar-refractivity contribution is -0.123. The number of urea groups is 1. The fourth-order valence-electron chi connectivity index (χ4n) is 3.91. The lowest BCUT2D eigenvalue weighted by atomic mass is 10.1. The summed E-state index contributed by atoms with van der Waals surface area (Å²) in [6.07, 6.45) is 1.91. The quantitative estimate of drug-likeness (QED) is 0.456. The Morgan fingerprint density at radius 3 is 2.49 bits per heavy atom. The van der Waals surface area contributed by atoms with E-state index in [0.29, 0.717) is 37.4 Å². The first kappa shape index (κ1) is 25.1. The largest absolute Gasteiger partial charge is 0.434 e. The number of hydrogen-bond donors (Lipinski definition) is 2. The zero-order valence-corrected chi connectivity index (χ0v) is 20.4. The Labute approximate surface area is 203 Å². The van der Waals surface area contributed by atoms with E-state index >= 15 is 0 Å². The van der Waals surface area contributed by atoms with Crippen molar-refractivity contribution in [1.29, 1.82) is 0 Å². The van der Waals surface area contributed by atoms with E-state index in [9.17, 15) is 22.8 Å². The molecule has 3 amide bonds. The SMILES string of the molecule is CCC(NC(=O)C(CS(=O)(=O)CC1CC1)NC(=O)N1CCOCC1)C(=O)c1nc2ccccc2o1. The molecule has 0 radical (unpaired) electrons. The summed E-state index contributed by atoms with van der Waals surface area (Å²) in [5.41, 5.74) is 0.956. The number of amides is 3. The number of rotatable bonds is 10. The predicted molar refractivity (Wildman–Crippen MR) is 127 cm³/mol. The van der Waals surface area contributed by atoms with Gasteiger partial charge in [-0.15, -0.1) is 0 Å². The summed E-state index contributed by atoms with van der Waals surface area (Å²) in [4.78, 5) is 44.6. The topological polar surface area (TPSA) is 148 Å². The van der Waals surface area contributed by atoms with Crippen molar-refractivity contribution in [2.75, 3.05) is 37.8 Å². The molecule has 190 valence electrons. The van der Waals surface area contributed by atoms with E-state index in [1.807, 2.05) is 0 Å². The average molecular weight is 507 g/mol. The van der Waals surface area contributed by atoms with Crippen LogP contribution in [0.1, 0.15) is 36.9 Å². The molecule has 1 saturated heterocycles. The second-order valence-corrected chi connectivity index (χ2v) is 11.1. The van der Waals surface area contributed by atoms with Crippen molar-refractivity contribution in [2.45, 2.75) is 38.3 Å². The van der Waals surface area contributed by atoms with Gasteiger partial charge in [0.1, 0.15) is 11.6 Å². The third kappa shape index (κ3) is 6.57.